The first-order valence-electron chi connectivity index (χ1n) is 8.50. The van der Waals surface area contributed by atoms with E-state index in [0.717, 1.165) is 6.42 Å². The lowest BCUT2D eigenvalue weighted by atomic mass is 9.97. The van der Waals surface area contributed by atoms with Crippen LogP contribution < -0.4 is 5.32 Å². The zero-order chi connectivity index (χ0) is 17.8. The molecule has 1 atom stereocenters. The standard InChI is InChI=1S/C17H21ClN4O3/c18-14-8-13(9-19-11-14)17(25)22-5-1-4-21(6-7-22)16(24)12-2-3-15(23)20-10-12/h8-9,11-12H,1-7,10H2,(H,20,23). The summed E-state index contributed by atoms with van der Waals surface area (Å²) < 4.78 is 0. The van der Waals surface area contributed by atoms with Crippen LogP contribution in [-0.4, -0.2) is 65.2 Å². The molecule has 0 radical (unpaired) electrons. The van der Waals surface area contributed by atoms with E-state index in [-0.39, 0.29) is 23.6 Å². The molecule has 2 aliphatic rings. The fraction of sp³-hybridized carbons (Fsp3) is 0.529. The van der Waals surface area contributed by atoms with Gasteiger partial charge >= 0.3 is 0 Å². The Morgan fingerprint density at radius 2 is 1.92 bits per heavy atom. The van der Waals surface area contributed by atoms with Gasteiger partial charge in [-0.05, 0) is 18.9 Å². The number of rotatable bonds is 2. The zero-order valence-corrected chi connectivity index (χ0v) is 14.7. The molecule has 1 N–H and O–H groups in total. The number of nitrogens with zero attached hydrogens (tertiary/aromatic N) is 3. The molecule has 0 saturated carbocycles. The van der Waals surface area contributed by atoms with E-state index in [1.165, 1.54) is 12.4 Å². The van der Waals surface area contributed by atoms with Crippen molar-refractivity contribution in [1.29, 1.82) is 0 Å². The van der Waals surface area contributed by atoms with Gasteiger partial charge in [0.05, 0.1) is 16.5 Å². The quantitative estimate of drug-likeness (QED) is 0.846. The van der Waals surface area contributed by atoms with Crippen molar-refractivity contribution < 1.29 is 14.4 Å². The van der Waals surface area contributed by atoms with E-state index >= 15 is 0 Å². The summed E-state index contributed by atoms with van der Waals surface area (Å²) >= 11 is 5.91. The number of halogens is 1. The van der Waals surface area contributed by atoms with Crippen molar-refractivity contribution in [3.63, 3.8) is 0 Å². The molecule has 0 aliphatic carbocycles. The average Bonchev–Trinajstić information content (AvgIpc) is 2.87. The molecule has 1 unspecified atom stereocenters. The number of pyridine rings is 1. The lowest BCUT2D eigenvalue weighted by molar-refractivity contribution is -0.137. The molecular weight excluding hydrogens is 344 g/mol. The number of aromatic nitrogens is 1. The highest BCUT2D eigenvalue weighted by Crippen LogP contribution is 2.17. The van der Waals surface area contributed by atoms with E-state index in [1.54, 1.807) is 11.0 Å². The topological polar surface area (TPSA) is 82.6 Å². The molecule has 1 aromatic rings. The number of hydrogen-bond acceptors (Lipinski definition) is 4. The molecule has 134 valence electrons. The highest BCUT2D eigenvalue weighted by molar-refractivity contribution is 6.30. The van der Waals surface area contributed by atoms with Crippen LogP contribution in [0.5, 0.6) is 0 Å². The second kappa shape index (κ2) is 7.82. The average molecular weight is 365 g/mol. The lowest BCUT2D eigenvalue weighted by Crippen LogP contribution is -2.46. The minimum Gasteiger partial charge on any atom is -0.355 e. The van der Waals surface area contributed by atoms with E-state index in [2.05, 4.69) is 10.3 Å². The van der Waals surface area contributed by atoms with E-state index in [1.807, 2.05) is 4.90 Å². The predicted octanol–water partition coefficient (Wildman–Crippen LogP) is 0.936. The number of carbonyl (C=O) groups is 3. The van der Waals surface area contributed by atoms with Gasteiger partial charge in [0.15, 0.2) is 0 Å². The van der Waals surface area contributed by atoms with E-state index in [4.69, 9.17) is 11.6 Å². The minimum atomic E-state index is -0.155. The molecule has 0 spiro atoms. The van der Waals surface area contributed by atoms with Crippen molar-refractivity contribution in [2.24, 2.45) is 5.92 Å². The predicted molar refractivity (Wildman–Crippen MR) is 92.1 cm³/mol. The summed E-state index contributed by atoms with van der Waals surface area (Å²) in [4.78, 5) is 44.0. The molecule has 2 fully saturated rings. The molecule has 25 heavy (non-hydrogen) atoms. The van der Waals surface area contributed by atoms with Crippen molar-refractivity contribution >= 4 is 29.3 Å². The maximum absolute atomic E-state index is 12.6. The second-order valence-electron chi connectivity index (χ2n) is 6.40. The van der Waals surface area contributed by atoms with Gasteiger partial charge in [0, 0.05) is 51.5 Å². The summed E-state index contributed by atoms with van der Waals surface area (Å²) in [5, 5.41) is 3.18. The second-order valence-corrected chi connectivity index (χ2v) is 6.84. The van der Waals surface area contributed by atoms with Gasteiger partial charge in [0.25, 0.3) is 5.91 Å². The molecule has 2 saturated heterocycles. The van der Waals surface area contributed by atoms with Crippen LogP contribution in [0.3, 0.4) is 0 Å². The number of piperidine rings is 1. The third-order valence-electron chi connectivity index (χ3n) is 4.66. The van der Waals surface area contributed by atoms with Gasteiger partial charge in [0.2, 0.25) is 11.8 Å². The monoisotopic (exact) mass is 364 g/mol. The Morgan fingerprint density at radius 3 is 2.64 bits per heavy atom. The Morgan fingerprint density at radius 1 is 1.16 bits per heavy atom. The first kappa shape index (κ1) is 17.7. The van der Waals surface area contributed by atoms with Crippen LogP contribution in [0.4, 0.5) is 0 Å². The third-order valence-corrected chi connectivity index (χ3v) is 4.87. The fourth-order valence-electron chi connectivity index (χ4n) is 3.25. The Hall–Kier alpha value is -2.15. The molecule has 1 aromatic heterocycles. The molecule has 3 rings (SSSR count). The zero-order valence-electron chi connectivity index (χ0n) is 13.9. The fourth-order valence-corrected chi connectivity index (χ4v) is 3.43. The normalized spacial score (nSPS) is 21.5. The van der Waals surface area contributed by atoms with Crippen LogP contribution in [0.1, 0.15) is 29.6 Å². The number of hydrogen-bond donors (Lipinski definition) is 1. The Balaban J connectivity index is 1.59. The number of nitrogens with one attached hydrogen (secondary N) is 1. The molecule has 3 amide bonds. The summed E-state index contributed by atoms with van der Waals surface area (Å²) in [6.45, 7) is 2.61. The third kappa shape index (κ3) is 4.28. The van der Waals surface area contributed by atoms with E-state index < -0.39 is 0 Å². The molecule has 0 aromatic carbocycles. The van der Waals surface area contributed by atoms with Crippen LogP contribution in [-0.2, 0) is 9.59 Å². The maximum Gasteiger partial charge on any atom is 0.255 e. The molecule has 2 aliphatic heterocycles. The molecule has 8 heteroatoms. The van der Waals surface area contributed by atoms with E-state index in [0.29, 0.717) is 56.2 Å². The summed E-state index contributed by atoms with van der Waals surface area (Å²) in [5.41, 5.74) is 0.460. The maximum atomic E-state index is 12.6. The Kier molecular flexibility index (Phi) is 5.53. The van der Waals surface area contributed by atoms with Crippen LogP contribution in [0.15, 0.2) is 18.5 Å². The molecular formula is C17H21ClN4O3. The van der Waals surface area contributed by atoms with Crippen LogP contribution in [0.2, 0.25) is 5.02 Å². The van der Waals surface area contributed by atoms with Crippen molar-refractivity contribution in [1.82, 2.24) is 20.1 Å². The SMILES string of the molecule is O=C1CCC(C(=O)N2CCCN(C(=O)c3cncc(Cl)c3)CC2)CN1. The van der Waals surface area contributed by atoms with Crippen molar-refractivity contribution in [2.45, 2.75) is 19.3 Å². The smallest absolute Gasteiger partial charge is 0.255 e. The van der Waals surface area contributed by atoms with Gasteiger partial charge in [-0.1, -0.05) is 11.6 Å². The van der Waals surface area contributed by atoms with Gasteiger partial charge in [-0.25, -0.2) is 0 Å². The summed E-state index contributed by atoms with van der Waals surface area (Å²) in [6, 6.07) is 1.61. The summed E-state index contributed by atoms with van der Waals surface area (Å²) in [6.07, 6.45) is 4.72. The van der Waals surface area contributed by atoms with Gasteiger partial charge in [0.1, 0.15) is 0 Å². The Bertz CT molecular complexity index is 672. The van der Waals surface area contributed by atoms with Gasteiger partial charge in [-0.2, -0.15) is 0 Å². The van der Waals surface area contributed by atoms with E-state index in [9.17, 15) is 14.4 Å². The number of carbonyl (C=O) groups excluding carboxylic acids is 3. The largest absolute Gasteiger partial charge is 0.355 e. The molecule has 7 nitrogen and oxygen atoms in total. The van der Waals surface area contributed by atoms with Gasteiger partial charge in [-0.15, -0.1) is 0 Å². The first-order chi connectivity index (χ1) is 12.0. The van der Waals surface area contributed by atoms with Crippen LogP contribution in [0, 0.1) is 5.92 Å². The highest BCUT2D eigenvalue weighted by atomic mass is 35.5. The molecule has 0 bridgehead atoms. The first-order valence-corrected chi connectivity index (χ1v) is 8.87. The summed E-state index contributed by atoms with van der Waals surface area (Å²) in [5.74, 6) is -0.197. The number of amides is 3. The Labute approximate surface area is 151 Å². The van der Waals surface area contributed by atoms with Gasteiger partial charge < -0.3 is 15.1 Å². The lowest BCUT2D eigenvalue weighted by Gasteiger charge is -2.28. The van der Waals surface area contributed by atoms with Gasteiger partial charge in [-0.3, -0.25) is 19.4 Å². The van der Waals surface area contributed by atoms with Crippen molar-refractivity contribution in [3.8, 4) is 0 Å². The van der Waals surface area contributed by atoms with Crippen LogP contribution in [0.25, 0.3) is 0 Å². The minimum absolute atomic E-state index is 0.00631. The van der Waals surface area contributed by atoms with Crippen molar-refractivity contribution in [3.05, 3.63) is 29.0 Å². The highest BCUT2D eigenvalue weighted by Gasteiger charge is 2.30. The van der Waals surface area contributed by atoms with Crippen molar-refractivity contribution in [2.75, 3.05) is 32.7 Å². The summed E-state index contributed by atoms with van der Waals surface area (Å²) in [7, 11) is 0. The van der Waals surface area contributed by atoms with Crippen LogP contribution >= 0.6 is 11.6 Å². The molecule has 3 heterocycles.